The zero-order valence-corrected chi connectivity index (χ0v) is 12.0. The largest absolute Gasteiger partial charge is 0.491 e. The summed E-state index contributed by atoms with van der Waals surface area (Å²) in [6.45, 7) is 3.11. The second-order valence-corrected chi connectivity index (χ2v) is 4.51. The van der Waals surface area contributed by atoms with E-state index in [-0.39, 0.29) is 6.04 Å². The Morgan fingerprint density at radius 3 is 2.70 bits per heavy atom. The molecule has 4 nitrogen and oxygen atoms in total. The Kier molecular flexibility index (Phi) is 5.21. The Bertz CT molecular complexity index is 536. The lowest BCUT2D eigenvalue weighted by atomic mass is 9.98. The number of aryl methyl sites for hydroxylation is 1. The van der Waals surface area contributed by atoms with Gasteiger partial charge < -0.3 is 19.6 Å². The number of rotatable bonds is 7. The molecule has 1 aromatic carbocycles. The molecular weight excluding hydrogens is 254 g/mol. The fourth-order valence-corrected chi connectivity index (χ4v) is 2.19. The third-order valence-electron chi connectivity index (χ3n) is 3.24. The number of benzene rings is 1. The van der Waals surface area contributed by atoms with Crippen molar-refractivity contribution < 1.29 is 13.9 Å². The first kappa shape index (κ1) is 14.6. The van der Waals surface area contributed by atoms with Gasteiger partial charge in [-0.05, 0) is 12.1 Å². The van der Waals surface area contributed by atoms with E-state index in [0.717, 1.165) is 29.1 Å². The third-order valence-corrected chi connectivity index (χ3v) is 3.24. The molecule has 20 heavy (non-hydrogen) atoms. The van der Waals surface area contributed by atoms with Gasteiger partial charge in [0.2, 0.25) is 0 Å². The van der Waals surface area contributed by atoms with Crippen molar-refractivity contribution in [3.05, 3.63) is 53.5 Å². The second-order valence-electron chi connectivity index (χ2n) is 4.51. The van der Waals surface area contributed by atoms with Crippen molar-refractivity contribution >= 4 is 0 Å². The molecule has 1 heterocycles. The molecule has 2 N–H and O–H groups in total. The SMILES string of the molecule is CCc1occc1C(N)c1ccccc1OCCOC. The van der Waals surface area contributed by atoms with E-state index in [2.05, 4.69) is 6.92 Å². The molecular formula is C16H21NO3. The Balaban J connectivity index is 2.23. The first-order chi connectivity index (χ1) is 9.77. The van der Waals surface area contributed by atoms with E-state index in [9.17, 15) is 0 Å². The van der Waals surface area contributed by atoms with E-state index >= 15 is 0 Å². The highest BCUT2D eigenvalue weighted by Crippen LogP contribution is 2.30. The summed E-state index contributed by atoms with van der Waals surface area (Å²) in [5, 5.41) is 0. The molecule has 0 spiro atoms. The Morgan fingerprint density at radius 1 is 1.15 bits per heavy atom. The van der Waals surface area contributed by atoms with Gasteiger partial charge in [-0.2, -0.15) is 0 Å². The van der Waals surface area contributed by atoms with Gasteiger partial charge in [0.15, 0.2) is 0 Å². The smallest absolute Gasteiger partial charge is 0.124 e. The van der Waals surface area contributed by atoms with Crippen LogP contribution in [0, 0.1) is 0 Å². The number of hydrogen-bond donors (Lipinski definition) is 1. The average molecular weight is 275 g/mol. The molecule has 0 amide bonds. The van der Waals surface area contributed by atoms with Gasteiger partial charge in [0.25, 0.3) is 0 Å². The van der Waals surface area contributed by atoms with E-state index in [0.29, 0.717) is 13.2 Å². The first-order valence-corrected chi connectivity index (χ1v) is 6.80. The maximum absolute atomic E-state index is 6.37. The lowest BCUT2D eigenvalue weighted by Gasteiger charge is -2.17. The molecule has 2 rings (SSSR count). The van der Waals surface area contributed by atoms with Crippen LogP contribution < -0.4 is 10.5 Å². The molecule has 1 unspecified atom stereocenters. The molecule has 1 atom stereocenters. The Hall–Kier alpha value is -1.78. The van der Waals surface area contributed by atoms with Gasteiger partial charge >= 0.3 is 0 Å². The van der Waals surface area contributed by atoms with Crippen LogP contribution in [0.2, 0.25) is 0 Å². The van der Waals surface area contributed by atoms with Crippen molar-refractivity contribution in [1.29, 1.82) is 0 Å². The molecule has 108 valence electrons. The number of nitrogens with two attached hydrogens (primary N) is 1. The highest BCUT2D eigenvalue weighted by molar-refractivity contribution is 5.42. The molecule has 1 aromatic heterocycles. The number of furan rings is 1. The van der Waals surface area contributed by atoms with Gasteiger partial charge in [-0.3, -0.25) is 0 Å². The predicted octanol–water partition coefficient (Wildman–Crippen LogP) is 2.92. The number of methoxy groups -OCH3 is 1. The van der Waals surface area contributed by atoms with Gasteiger partial charge in [-0.15, -0.1) is 0 Å². The summed E-state index contributed by atoms with van der Waals surface area (Å²) in [6, 6.07) is 9.49. The molecule has 0 radical (unpaired) electrons. The van der Waals surface area contributed by atoms with Crippen molar-refractivity contribution in [2.24, 2.45) is 5.73 Å². The lowest BCUT2D eigenvalue weighted by Crippen LogP contribution is -2.15. The van der Waals surface area contributed by atoms with Gasteiger partial charge in [-0.1, -0.05) is 25.1 Å². The summed E-state index contributed by atoms with van der Waals surface area (Å²) in [5.41, 5.74) is 8.34. The van der Waals surface area contributed by atoms with Crippen LogP contribution in [0.5, 0.6) is 5.75 Å². The highest BCUT2D eigenvalue weighted by Gasteiger charge is 2.18. The van der Waals surface area contributed by atoms with Crippen LogP contribution in [-0.2, 0) is 11.2 Å². The van der Waals surface area contributed by atoms with Crippen LogP contribution in [0.25, 0.3) is 0 Å². The summed E-state index contributed by atoms with van der Waals surface area (Å²) in [5.74, 6) is 1.71. The van der Waals surface area contributed by atoms with Gasteiger partial charge in [0.05, 0.1) is 18.9 Å². The minimum atomic E-state index is -0.248. The number of para-hydroxylation sites is 1. The summed E-state index contributed by atoms with van der Waals surface area (Å²) in [7, 11) is 1.65. The van der Waals surface area contributed by atoms with Gasteiger partial charge in [0.1, 0.15) is 18.1 Å². The summed E-state index contributed by atoms with van der Waals surface area (Å²) < 4.78 is 16.2. The van der Waals surface area contributed by atoms with E-state index in [1.165, 1.54) is 0 Å². The zero-order valence-electron chi connectivity index (χ0n) is 12.0. The Labute approximate surface area is 119 Å². The van der Waals surface area contributed by atoms with Crippen molar-refractivity contribution in [1.82, 2.24) is 0 Å². The monoisotopic (exact) mass is 275 g/mol. The van der Waals surface area contributed by atoms with E-state index in [1.54, 1.807) is 13.4 Å². The lowest BCUT2D eigenvalue weighted by molar-refractivity contribution is 0.145. The minimum Gasteiger partial charge on any atom is -0.491 e. The molecule has 0 fully saturated rings. The second kappa shape index (κ2) is 7.12. The summed E-state index contributed by atoms with van der Waals surface area (Å²) in [4.78, 5) is 0. The van der Waals surface area contributed by atoms with Crippen LogP contribution in [0.15, 0.2) is 41.0 Å². The van der Waals surface area contributed by atoms with Crippen LogP contribution in [0.4, 0.5) is 0 Å². The predicted molar refractivity (Wildman–Crippen MR) is 77.9 cm³/mol. The third kappa shape index (κ3) is 3.21. The first-order valence-electron chi connectivity index (χ1n) is 6.80. The maximum atomic E-state index is 6.37. The maximum Gasteiger partial charge on any atom is 0.124 e. The fourth-order valence-electron chi connectivity index (χ4n) is 2.19. The van der Waals surface area contributed by atoms with Gasteiger partial charge in [0, 0.05) is 24.7 Å². The Morgan fingerprint density at radius 2 is 1.95 bits per heavy atom. The average Bonchev–Trinajstić information content (AvgIpc) is 2.96. The highest BCUT2D eigenvalue weighted by atomic mass is 16.5. The van der Waals surface area contributed by atoms with Crippen molar-refractivity contribution in [3.8, 4) is 5.75 Å². The van der Waals surface area contributed by atoms with Crippen LogP contribution >= 0.6 is 0 Å². The van der Waals surface area contributed by atoms with Crippen LogP contribution in [0.1, 0.15) is 29.9 Å². The fraction of sp³-hybridized carbons (Fsp3) is 0.375. The normalized spacial score (nSPS) is 12.3. The molecule has 0 aliphatic carbocycles. The number of hydrogen-bond acceptors (Lipinski definition) is 4. The van der Waals surface area contributed by atoms with Crippen molar-refractivity contribution in [2.45, 2.75) is 19.4 Å². The van der Waals surface area contributed by atoms with E-state index < -0.39 is 0 Å². The molecule has 0 bridgehead atoms. The molecule has 2 aromatic rings. The summed E-state index contributed by atoms with van der Waals surface area (Å²) >= 11 is 0. The van der Waals surface area contributed by atoms with E-state index in [4.69, 9.17) is 19.6 Å². The van der Waals surface area contributed by atoms with Crippen LogP contribution in [0.3, 0.4) is 0 Å². The minimum absolute atomic E-state index is 0.248. The molecule has 0 aliphatic rings. The molecule has 0 saturated carbocycles. The topological polar surface area (TPSA) is 57.6 Å². The molecule has 0 saturated heterocycles. The van der Waals surface area contributed by atoms with Gasteiger partial charge in [-0.25, -0.2) is 0 Å². The number of ether oxygens (including phenoxy) is 2. The molecule has 0 aliphatic heterocycles. The molecule has 4 heteroatoms. The van der Waals surface area contributed by atoms with E-state index in [1.807, 2.05) is 30.3 Å². The standard InChI is InChI=1S/C16H21NO3/c1-3-14-13(8-9-19-14)16(17)12-6-4-5-7-15(12)20-11-10-18-2/h4-9,16H,3,10-11,17H2,1-2H3. The quantitative estimate of drug-likeness (QED) is 0.789. The van der Waals surface area contributed by atoms with Crippen molar-refractivity contribution in [3.63, 3.8) is 0 Å². The van der Waals surface area contributed by atoms with Crippen LogP contribution in [-0.4, -0.2) is 20.3 Å². The van der Waals surface area contributed by atoms with Crippen molar-refractivity contribution in [2.75, 3.05) is 20.3 Å². The zero-order chi connectivity index (χ0) is 14.4. The summed E-state index contributed by atoms with van der Waals surface area (Å²) in [6.07, 6.45) is 2.51.